The van der Waals surface area contributed by atoms with Gasteiger partial charge in [-0.25, -0.2) is 0 Å². The van der Waals surface area contributed by atoms with Crippen LogP contribution in [0.1, 0.15) is 13.8 Å². The summed E-state index contributed by atoms with van der Waals surface area (Å²) in [6.45, 7) is 4.20. The summed E-state index contributed by atoms with van der Waals surface area (Å²) >= 11 is 0. The summed E-state index contributed by atoms with van der Waals surface area (Å²) in [6.07, 6.45) is 0. The van der Waals surface area contributed by atoms with E-state index in [9.17, 15) is 9.59 Å². The second kappa shape index (κ2) is 4.83. The molecule has 0 bridgehead atoms. The van der Waals surface area contributed by atoms with Gasteiger partial charge in [0, 0.05) is 13.8 Å². The summed E-state index contributed by atoms with van der Waals surface area (Å²) < 4.78 is 9.68. The summed E-state index contributed by atoms with van der Waals surface area (Å²) in [6, 6.07) is 0. The molecule has 0 N–H and O–H groups in total. The van der Waals surface area contributed by atoms with E-state index < -0.39 is 0 Å². The first-order chi connectivity index (χ1) is 7.04. The molecular formula is C8H14N3O4+. The highest BCUT2D eigenvalue weighted by Gasteiger charge is 2.42. The van der Waals surface area contributed by atoms with Crippen molar-refractivity contribution in [1.29, 1.82) is 0 Å². The fraction of sp³-hybridized carbons (Fsp3) is 0.750. The molecule has 0 atom stereocenters. The quantitative estimate of drug-likeness (QED) is 0.470. The number of hydrogen-bond acceptors (Lipinski definition) is 6. The van der Waals surface area contributed by atoms with E-state index >= 15 is 0 Å². The van der Waals surface area contributed by atoms with E-state index in [2.05, 4.69) is 10.4 Å². The Morgan fingerprint density at radius 2 is 1.40 bits per heavy atom. The Morgan fingerprint density at radius 1 is 1.00 bits per heavy atom. The van der Waals surface area contributed by atoms with Crippen LogP contribution in [0.3, 0.4) is 0 Å². The Kier molecular flexibility index (Phi) is 3.73. The van der Waals surface area contributed by atoms with Crippen LogP contribution < -0.4 is 0 Å². The van der Waals surface area contributed by atoms with Crippen LogP contribution in [0.2, 0.25) is 0 Å². The van der Waals surface area contributed by atoms with Gasteiger partial charge in [0.25, 0.3) is 0 Å². The normalized spacial score (nSPS) is 15.9. The maximum atomic E-state index is 10.5. The summed E-state index contributed by atoms with van der Waals surface area (Å²) in [5.74, 6) is -0.648. The van der Waals surface area contributed by atoms with Gasteiger partial charge in [0.1, 0.15) is 23.7 Å². The van der Waals surface area contributed by atoms with E-state index in [1.54, 1.807) is 0 Å². The molecular weight excluding hydrogens is 202 g/mol. The van der Waals surface area contributed by atoms with Crippen molar-refractivity contribution in [1.82, 2.24) is 0 Å². The fourth-order valence-electron chi connectivity index (χ4n) is 1.02. The number of carbonyl (C=O) groups excluding carboxylic acids is 2. The minimum absolute atomic E-state index is 0.153. The van der Waals surface area contributed by atoms with Gasteiger partial charge in [0.05, 0.1) is 0 Å². The highest BCUT2D eigenvalue weighted by Crippen LogP contribution is 2.23. The van der Waals surface area contributed by atoms with Crippen molar-refractivity contribution in [2.24, 2.45) is 10.4 Å². The Labute approximate surface area is 87.2 Å². The average molecular weight is 216 g/mol. The standard InChI is InChI=1S/C8H14N3O4/c1-7(12)14-5-3-11(9-10-11)4-6-15-8(2)13/h3-6H2,1-2H3/q+1. The van der Waals surface area contributed by atoms with Crippen molar-refractivity contribution in [2.45, 2.75) is 13.8 Å². The number of esters is 2. The molecule has 0 amide bonds. The fourth-order valence-corrected chi connectivity index (χ4v) is 1.02. The maximum Gasteiger partial charge on any atom is 0.302 e. The second-order valence-corrected chi connectivity index (χ2v) is 3.18. The first kappa shape index (κ1) is 11.6. The van der Waals surface area contributed by atoms with Crippen LogP contribution in [0.4, 0.5) is 0 Å². The third-order valence-corrected chi connectivity index (χ3v) is 1.85. The highest BCUT2D eigenvalue weighted by molar-refractivity contribution is 5.66. The molecule has 0 unspecified atom stereocenters. The molecule has 0 aromatic rings. The summed E-state index contributed by atoms with van der Waals surface area (Å²) in [5, 5.41) is 7.61. The Morgan fingerprint density at radius 3 is 1.67 bits per heavy atom. The molecule has 0 spiro atoms. The van der Waals surface area contributed by atoms with Gasteiger partial charge in [0.15, 0.2) is 13.1 Å². The molecule has 0 saturated carbocycles. The van der Waals surface area contributed by atoms with E-state index in [0.29, 0.717) is 13.1 Å². The van der Waals surface area contributed by atoms with Gasteiger partial charge in [-0.2, -0.15) is 0 Å². The molecule has 1 aliphatic heterocycles. The Bertz CT molecular complexity index is 262. The van der Waals surface area contributed by atoms with E-state index in [0.717, 1.165) is 0 Å². The molecule has 0 fully saturated rings. The zero-order chi connectivity index (χ0) is 11.3. The first-order valence-electron chi connectivity index (χ1n) is 4.63. The molecule has 0 radical (unpaired) electrons. The summed E-state index contributed by atoms with van der Waals surface area (Å²) in [5.41, 5.74) is 0. The molecule has 0 aliphatic carbocycles. The van der Waals surface area contributed by atoms with Crippen LogP contribution in [0.15, 0.2) is 10.4 Å². The van der Waals surface area contributed by atoms with Crippen molar-refractivity contribution in [3.8, 4) is 0 Å². The van der Waals surface area contributed by atoms with Gasteiger partial charge in [-0.05, 0) is 4.70 Å². The average Bonchev–Trinajstić information content (AvgIpc) is 2.84. The van der Waals surface area contributed by atoms with Gasteiger partial charge in [-0.1, -0.05) is 0 Å². The van der Waals surface area contributed by atoms with Crippen molar-refractivity contribution >= 4 is 11.9 Å². The lowest BCUT2D eigenvalue weighted by molar-refractivity contribution is -0.851. The topological polar surface area (TPSA) is 77.3 Å². The SMILES string of the molecule is CC(=O)OCC[N+]1(CCOC(C)=O)N=N1. The highest BCUT2D eigenvalue weighted by atomic mass is 16.5. The van der Waals surface area contributed by atoms with Crippen LogP contribution in [0.25, 0.3) is 0 Å². The smallest absolute Gasteiger partial charge is 0.302 e. The molecule has 0 aromatic heterocycles. The van der Waals surface area contributed by atoms with Crippen molar-refractivity contribution in [3.63, 3.8) is 0 Å². The minimum Gasteiger partial charge on any atom is -0.460 e. The van der Waals surface area contributed by atoms with Gasteiger partial charge >= 0.3 is 11.9 Å². The summed E-state index contributed by atoms with van der Waals surface area (Å²) in [7, 11) is 0. The van der Waals surface area contributed by atoms with Crippen LogP contribution in [0, 0.1) is 0 Å². The zero-order valence-corrected chi connectivity index (χ0v) is 8.80. The first-order valence-corrected chi connectivity index (χ1v) is 4.63. The van der Waals surface area contributed by atoms with E-state index in [-0.39, 0.29) is 29.9 Å². The number of nitrogens with zero attached hydrogens (tertiary/aromatic N) is 3. The number of rotatable bonds is 6. The number of hydrogen-bond donors (Lipinski definition) is 0. The monoisotopic (exact) mass is 216 g/mol. The van der Waals surface area contributed by atoms with E-state index in [4.69, 9.17) is 9.47 Å². The van der Waals surface area contributed by atoms with Gasteiger partial charge in [-0.3, -0.25) is 9.59 Å². The maximum absolute atomic E-state index is 10.5. The van der Waals surface area contributed by atoms with Crippen LogP contribution in [0.5, 0.6) is 0 Å². The molecule has 84 valence electrons. The number of ether oxygens (including phenoxy) is 2. The van der Waals surface area contributed by atoms with Crippen molar-refractivity contribution in [2.75, 3.05) is 26.3 Å². The largest absolute Gasteiger partial charge is 0.460 e. The molecule has 1 rings (SSSR count). The third-order valence-electron chi connectivity index (χ3n) is 1.85. The van der Waals surface area contributed by atoms with Gasteiger partial charge in [-0.15, -0.1) is 0 Å². The lowest BCUT2D eigenvalue weighted by Crippen LogP contribution is -2.33. The van der Waals surface area contributed by atoms with Crippen LogP contribution in [-0.4, -0.2) is 42.9 Å². The molecule has 7 nitrogen and oxygen atoms in total. The zero-order valence-electron chi connectivity index (χ0n) is 8.80. The second-order valence-electron chi connectivity index (χ2n) is 3.18. The minimum atomic E-state index is -0.324. The van der Waals surface area contributed by atoms with Gasteiger partial charge in [0.2, 0.25) is 0 Å². The van der Waals surface area contributed by atoms with E-state index in [1.807, 2.05) is 0 Å². The molecule has 1 aliphatic rings. The molecule has 0 saturated heterocycles. The predicted octanol–water partition coefficient (Wildman–Crippen LogP) is 0.225. The lowest BCUT2D eigenvalue weighted by Gasteiger charge is -2.09. The van der Waals surface area contributed by atoms with Crippen LogP contribution in [-0.2, 0) is 19.1 Å². The Balaban J connectivity index is 2.11. The molecule has 15 heavy (non-hydrogen) atoms. The predicted molar refractivity (Wildman–Crippen MR) is 48.1 cm³/mol. The third kappa shape index (κ3) is 4.50. The molecule has 7 heteroatoms. The number of quaternary nitrogens is 1. The van der Waals surface area contributed by atoms with E-state index in [1.165, 1.54) is 13.8 Å². The van der Waals surface area contributed by atoms with Crippen molar-refractivity contribution in [3.05, 3.63) is 0 Å². The van der Waals surface area contributed by atoms with Crippen molar-refractivity contribution < 1.29 is 23.8 Å². The molecule has 0 aromatic carbocycles. The van der Waals surface area contributed by atoms with Gasteiger partial charge < -0.3 is 9.47 Å². The lowest BCUT2D eigenvalue weighted by atomic mass is 10.5. The number of carbonyl (C=O) groups is 2. The Hall–Kier alpha value is -1.50. The van der Waals surface area contributed by atoms with Crippen LogP contribution >= 0.6 is 0 Å². The summed E-state index contributed by atoms with van der Waals surface area (Å²) in [4.78, 5) is 21.0. The molecule has 1 heterocycles.